The van der Waals surface area contributed by atoms with Crippen molar-refractivity contribution >= 4 is 57.6 Å². The number of nitrogens with one attached hydrogen (secondary N) is 3. The number of thioether (sulfide) groups is 1. The van der Waals surface area contributed by atoms with Crippen molar-refractivity contribution in [2.24, 2.45) is 0 Å². The summed E-state index contributed by atoms with van der Waals surface area (Å²) in [5.41, 5.74) is 5.00. The largest absolute Gasteiger partial charge is 0.321 e. The highest BCUT2D eigenvalue weighted by Gasteiger charge is 2.22. The summed E-state index contributed by atoms with van der Waals surface area (Å²) >= 11 is 2.70. The zero-order chi connectivity index (χ0) is 33.2. The molecule has 5 rings (SSSR count). The molecule has 0 aliphatic heterocycles. The zero-order valence-corrected chi connectivity index (χ0v) is 27.5. The summed E-state index contributed by atoms with van der Waals surface area (Å²) in [6.07, 6.45) is 2.18. The molecule has 1 atom stereocenters. The van der Waals surface area contributed by atoms with Crippen LogP contribution in [0.25, 0.3) is 17.2 Å². The molecule has 0 aliphatic rings. The van der Waals surface area contributed by atoms with Crippen LogP contribution in [0.2, 0.25) is 0 Å². The first kappa shape index (κ1) is 32.9. The predicted octanol–water partition coefficient (Wildman–Crippen LogP) is 8.51. The third-order valence-electron chi connectivity index (χ3n) is 7.17. The number of anilines is 2. The number of nitriles is 1. The summed E-state index contributed by atoms with van der Waals surface area (Å²) in [5.74, 6) is -1.10. The molecular formula is C38H32N4O3S2. The van der Waals surface area contributed by atoms with E-state index in [9.17, 15) is 19.6 Å². The van der Waals surface area contributed by atoms with Gasteiger partial charge in [0, 0.05) is 27.1 Å². The molecule has 7 nitrogen and oxygen atoms in total. The van der Waals surface area contributed by atoms with E-state index in [0.29, 0.717) is 28.2 Å². The van der Waals surface area contributed by atoms with Crippen molar-refractivity contribution in [3.8, 4) is 17.2 Å². The van der Waals surface area contributed by atoms with E-state index in [4.69, 9.17) is 0 Å². The van der Waals surface area contributed by atoms with E-state index in [2.05, 4.69) is 22.0 Å². The van der Waals surface area contributed by atoms with Crippen LogP contribution in [0.15, 0.2) is 125 Å². The third kappa shape index (κ3) is 8.64. The quantitative estimate of drug-likeness (QED) is 0.0975. The summed E-state index contributed by atoms with van der Waals surface area (Å²) in [4.78, 5) is 40.7. The minimum Gasteiger partial charge on any atom is -0.321 e. The van der Waals surface area contributed by atoms with Gasteiger partial charge in [0.2, 0.25) is 5.91 Å². The Bertz CT molecular complexity index is 1950. The molecule has 4 aromatic carbocycles. The smallest absolute Gasteiger partial charge is 0.272 e. The maximum atomic E-state index is 13.5. The summed E-state index contributed by atoms with van der Waals surface area (Å²) < 4.78 is 0. The lowest BCUT2D eigenvalue weighted by Crippen LogP contribution is -2.30. The molecule has 0 aliphatic carbocycles. The van der Waals surface area contributed by atoms with Gasteiger partial charge in [0.1, 0.15) is 16.8 Å². The first-order valence-electron chi connectivity index (χ1n) is 14.9. The first-order valence-corrected chi connectivity index (χ1v) is 16.7. The number of carbonyl (C=O) groups is 3. The van der Waals surface area contributed by atoms with E-state index >= 15 is 0 Å². The maximum Gasteiger partial charge on any atom is 0.272 e. The third-order valence-corrected chi connectivity index (χ3v) is 9.43. The monoisotopic (exact) mass is 656 g/mol. The van der Waals surface area contributed by atoms with Crippen molar-refractivity contribution in [2.75, 3.05) is 10.6 Å². The van der Waals surface area contributed by atoms with Crippen molar-refractivity contribution in [1.82, 2.24) is 5.32 Å². The van der Waals surface area contributed by atoms with Crippen molar-refractivity contribution in [1.29, 1.82) is 5.26 Å². The van der Waals surface area contributed by atoms with Gasteiger partial charge >= 0.3 is 0 Å². The van der Waals surface area contributed by atoms with Crippen LogP contribution in [-0.2, 0) is 9.59 Å². The number of amides is 3. The molecule has 1 unspecified atom stereocenters. The molecule has 5 aromatic rings. The number of hydrogen-bond donors (Lipinski definition) is 3. The topological polar surface area (TPSA) is 111 Å². The average molecular weight is 657 g/mol. The van der Waals surface area contributed by atoms with Gasteiger partial charge in [-0.1, -0.05) is 91.3 Å². The van der Waals surface area contributed by atoms with Crippen LogP contribution in [0.3, 0.4) is 0 Å². The zero-order valence-electron chi connectivity index (χ0n) is 25.8. The number of carbonyl (C=O) groups excluding carboxylic acids is 3. The van der Waals surface area contributed by atoms with E-state index in [1.54, 1.807) is 48.5 Å². The van der Waals surface area contributed by atoms with Crippen LogP contribution < -0.4 is 16.0 Å². The minimum absolute atomic E-state index is 0.0886. The lowest BCUT2D eigenvalue weighted by atomic mass is 10.1. The van der Waals surface area contributed by atoms with Gasteiger partial charge < -0.3 is 16.0 Å². The Labute approximate surface area is 282 Å². The lowest BCUT2D eigenvalue weighted by Gasteiger charge is -2.16. The second-order valence-electron chi connectivity index (χ2n) is 10.6. The minimum atomic E-state index is -0.488. The second-order valence-corrected chi connectivity index (χ2v) is 12.8. The fourth-order valence-corrected chi connectivity index (χ4v) is 6.62. The van der Waals surface area contributed by atoms with Gasteiger partial charge in [-0.15, -0.1) is 23.1 Å². The summed E-state index contributed by atoms with van der Waals surface area (Å²) in [5, 5.41) is 20.4. The molecule has 0 saturated heterocycles. The molecule has 0 bridgehead atoms. The molecule has 9 heteroatoms. The predicted molar refractivity (Wildman–Crippen MR) is 191 cm³/mol. The Kier molecular flexibility index (Phi) is 11.0. The summed E-state index contributed by atoms with van der Waals surface area (Å²) in [6.45, 7) is 3.90. The Morgan fingerprint density at radius 1 is 0.894 bits per heavy atom. The molecule has 3 amide bonds. The maximum absolute atomic E-state index is 13.5. The van der Waals surface area contributed by atoms with Gasteiger partial charge in [-0.2, -0.15) is 5.26 Å². The van der Waals surface area contributed by atoms with Crippen molar-refractivity contribution < 1.29 is 14.4 Å². The molecule has 1 aromatic heterocycles. The van der Waals surface area contributed by atoms with Crippen LogP contribution in [0.1, 0.15) is 40.4 Å². The Balaban J connectivity index is 1.30. The van der Waals surface area contributed by atoms with E-state index in [0.717, 1.165) is 27.1 Å². The van der Waals surface area contributed by atoms with Crippen molar-refractivity contribution in [3.05, 3.63) is 143 Å². The molecule has 3 N–H and O–H groups in total. The molecule has 0 spiro atoms. The van der Waals surface area contributed by atoms with Gasteiger partial charge in [0.15, 0.2) is 0 Å². The van der Waals surface area contributed by atoms with Crippen molar-refractivity contribution in [3.63, 3.8) is 0 Å². The standard InChI is InChI=1S/C38H32N4O3S2/c1-3-34(37(45)42-38-31(23-39)32(24-46-38)27-11-6-4-7-12-27)47-30-16-10-15-29(22-30)40-36(44)33(21-26-19-17-25(2)18-20-26)41-35(43)28-13-8-5-9-14-28/h4-22,24,34H,3H2,1-2H3,(H,40,44)(H,41,43)(H,42,45)/b33-21+. The highest BCUT2D eigenvalue weighted by Crippen LogP contribution is 2.36. The van der Waals surface area contributed by atoms with Crippen LogP contribution in [-0.4, -0.2) is 23.0 Å². The van der Waals surface area contributed by atoms with Gasteiger partial charge in [-0.3, -0.25) is 14.4 Å². The Hall–Kier alpha value is -5.43. The van der Waals surface area contributed by atoms with Gasteiger partial charge in [0.25, 0.3) is 11.8 Å². The summed E-state index contributed by atoms with van der Waals surface area (Å²) in [7, 11) is 0. The van der Waals surface area contributed by atoms with Crippen LogP contribution in [0.5, 0.6) is 0 Å². The van der Waals surface area contributed by atoms with E-state index in [-0.39, 0.29) is 11.6 Å². The molecule has 0 radical (unpaired) electrons. The van der Waals surface area contributed by atoms with E-state index in [1.165, 1.54) is 23.1 Å². The molecular weight excluding hydrogens is 625 g/mol. The van der Waals surface area contributed by atoms with Crippen molar-refractivity contribution in [2.45, 2.75) is 30.4 Å². The molecule has 1 heterocycles. The number of rotatable bonds is 11. The van der Waals surface area contributed by atoms with Crippen LogP contribution in [0.4, 0.5) is 10.7 Å². The summed E-state index contributed by atoms with van der Waals surface area (Å²) in [6, 6.07) is 35.4. The average Bonchev–Trinajstić information content (AvgIpc) is 3.51. The number of aryl methyl sites for hydroxylation is 1. The number of thiophene rings is 1. The molecule has 234 valence electrons. The Morgan fingerprint density at radius 2 is 1.60 bits per heavy atom. The van der Waals surface area contributed by atoms with Gasteiger partial charge in [-0.05, 0) is 60.9 Å². The second kappa shape index (κ2) is 15.7. The van der Waals surface area contributed by atoms with E-state index in [1.807, 2.05) is 86.0 Å². The number of hydrogen-bond acceptors (Lipinski definition) is 6. The molecule has 0 fully saturated rings. The first-order chi connectivity index (χ1) is 22.8. The fourth-order valence-electron chi connectivity index (χ4n) is 4.69. The molecule has 0 saturated carbocycles. The Morgan fingerprint density at radius 3 is 2.28 bits per heavy atom. The highest BCUT2D eigenvalue weighted by atomic mass is 32.2. The SMILES string of the molecule is CCC(Sc1cccc(NC(=O)/C(=C\c2ccc(C)cc2)NC(=O)c2ccccc2)c1)C(=O)Nc1scc(-c2ccccc2)c1C#N. The number of nitrogens with zero attached hydrogens (tertiary/aromatic N) is 1. The van der Waals surface area contributed by atoms with Crippen LogP contribution in [0, 0.1) is 18.3 Å². The van der Waals surface area contributed by atoms with Crippen LogP contribution >= 0.6 is 23.1 Å². The highest BCUT2D eigenvalue weighted by molar-refractivity contribution is 8.00. The fraction of sp³-hybridized carbons (Fsp3) is 0.105. The van der Waals surface area contributed by atoms with E-state index < -0.39 is 17.1 Å². The normalized spacial score (nSPS) is 11.6. The van der Waals surface area contributed by atoms with Gasteiger partial charge in [0.05, 0.1) is 10.8 Å². The van der Waals surface area contributed by atoms with Gasteiger partial charge in [-0.25, -0.2) is 0 Å². The lowest BCUT2D eigenvalue weighted by molar-refractivity contribution is -0.116. The molecule has 47 heavy (non-hydrogen) atoms. The number of benzene rings is 4.